The summed E-state index contributed by atoms with van der Waals surface area (Å²) in [5, 5.41) is 0. The third kappa shape index (κ3) is 2.86. The summed E-state index contributed by atoms with van der Waals surface area (Å²) in [6.45, 7) is 6.83. The van der Waals surface area contributed by atoms with Gasteiger partial charge in [0.1, 0.15) is 0 Å². The van der Waals surface area contributed by atoms with Crippen LogP contribution in [0.3, 0.4) is 0 Å². The van der Waals surface area contributed by atoms with Crippen molar-refractivity contribution in [2.45, 2.75) is 51.5 Å². The van der Waals surface area contributed by atoms with Crippen LogP contribution in [-0.4, -0.2) is 40.6 Å². The van der Waals surface area contributed by atoms with Gasteiger partial charge < -0.3 is 8.85 Å². The third-order valence-corrected chi connectivity index (χ3v) is 7.76. The summed E-state index contributed by atoms with van der Waals surface area (Å²) < 4.78 is 14.3. The minimum absolute atomic E-state index is 0.547. The van der Waals surface area contributed by atoms with Crippen LogP contribution in [0.2, 0.25) is 5.54 Å². The Labute approximate surface area is 101 Å². The molecule has 1 rings (SSSR count). The summed E-state index contributed by atoms with van der Waals surface area (Å²) in [5.41, 5.74) is 0.547. The molecule has 0 aromatic rings. The fraction of sp³-hybridized carbons (Fsp3) is 1.00. The molecule has 1 unspecified atom stereocenters. The molecule has 0 saturated carbocycles. The number of hydrogen-bond donors (Lipinski definition) is 0. The fourth-order valence-electron chi connectivity index (χ4n) is 2.88. The number of piperidine rings is 1. The third-order valence-electron chi connectivity index (χ3n) is 3.73. The van der Waals surface area contributed by atoms with E-state index in [4.69, 9.17) is 8.85 Å². The zero-order valence-corrected chi connectivity index (χ0v) is 12.3. The van der Waals surface area contributed by atoms with E-state index in [-0.39, 0.29) is 0 Å². The molecular weight excluding hydrogens is 218 g/mol. The van der Waals surface area contributed by atoms with Gasteiger partial charge >= 0.3 is 8.72 Å². The van der Waals surface area contributed by atoms with Crippen molar-refractivity contribution in [2.75, 3.05) is 27.3 Å². The zero-order chi connectivity index (χ0) is 12.0. The van der Waals surface area contributed by atoms with Crippen LogP contribution in [0.25, 0.3) is 0 Å². The van der Waals surface area contributed by atoms with Crippen LogP contribution >= 0.6 is 0 Å². The van der Waals surface area contributed by atoms with E-state index in [1.807, 2.05) is 14.2 Å². The highest BCUT2D eigenvalue weighted by Crippen LogP contribution is 2.32. The summed E-state index contributed by atoms with van der Waals surface area (Å²) in [4.78, 5) is 0. The van der Waals surface area contributed by atoms with Gasteiger partial charge in [-0.15, -0.1) is 0 Å². The van der Waals surface area contributed by atoms with E-state index in [2.05, 4.69) is 18.4 Å². The molecule has 0 amide bonds. The van der Waals surface area contributed by atoms with Crippen LogP contribution in [0.5, 0.6) is 0 Å². The summed E-state index contributed by atoms with van der Waals surface area (Å²) >= 11 is 0. The molecule has 96 valence electrons. The lowest BCUT2D eigenvalue weighted by molar-refractivity contribution is 0.137. The maximum atomic E-state index is 5.88. The van der Waals surface area contributed by atoms with Gasteiger partial charge in [0, 0.05) is 19.8 Å². The molecule has 1 aliphatic rings. The molecule has 1 aliphatic heterocycles. The van der Waals surface area contributed by atoms with Gasteiger partial charge in [-0.1, -0.05) is 26.7 Å². The minimum Gasteiger partial charge on any atom is -0.386 e. The molecule has 1 fully saturated rings. The van der Waals surface area contributed by atoms with E-state index in [1.165, 1.54) is 32.1 Å². The van der Waals surface area contributed by atoms with Gasteiger partial charge in [-0.05, 0) is 32.4 Å². The molecule has 0 N–H and O–H groups in total. The van der Waals surface area contributed by atoms with Crippen LogP contribution in [0.4, 0.5) is 0 Å². The van der Waals surface area contributed by atoms with Crippen LogP contribution in [0.1, 0.15) is 46.0 Å². The highest BCUT2D eigenvalue weighted by Gasteiger charge is 2.48. The highest BCUT2D eigenvalue weighted by atomic mass is 28.4. The lowest BCUT2D eigenvalue weighted by Gasteiger charge is -2.43. The number of hydrogen-bond acceptors (Lipinski definition) is 3. The Kier molecular flexibility index (Phi) is 5.96. The molecule has 1 atom stereocenters. The van der Waals surface area contributed by atoms with Crippen LogP contribution in [0, 0.1) is 0 Å². The topological polar surface area (TPSA) is 21.7 Å². The first kappa shape index (κ1) is 14.2. The van der Waals surface area contributed by atoms with Crippen LogP contribution in [-0.2, 0) is 8.85 Å². The normalized spacial score (nSPS) is 21.0. The zero-order valence-electron chi connectivity index (χ0n) is 11.3. The average molecular weight is 245 g/mol. The Morgan fingerprint density at radius 3 is 2.12 bits per heavy atom. The summed E-state index contributed by atoms with van der Waals surface area (Å²) in [7, 11) is 1.53. The first-order chi connectivity index (χ1) is 7.71. The predicted molar refractivity (Wildman–Crippen MR) is 69.5 cm³/mol. The first-order valence-electron chi connectivity index (χ1n) is 6.56. The number of nitrogens with zero attached hydrogens (tertiary/aromatic N) is 1. The van der Waals surface area contributed by atoms with E-state index in [0.717, 1.165) is 13.1 Å². The van der Waals surface area contributed by atoms with Crippen molar-refractivity contribution in [3.63, 3.8) is 0 Å². The van der Waals surface area contributed by atoms with Crippen molar-refractivity contribution in [3.05, 3.63) is 0 Å². The Balaban J connectivity index is 2.75. The van der Waals surface area contributed by atoms with Crippen molar-refractivity contribution in [3.8, 4) is 0 Å². The molecule has 3 nitrogen and oxygen atoms in total. The van der Waals surface area contributed by atoms with E-state index in [1.54, 1.807) is 0 Å². The van der Waals surface area contributed by atoms with Gasteiger partial charge in [-0.2, -0.15) is 0 Å². The molecule has 0 aromatic heterocycles. The predicted octanol–water partition coefficient (Wildman–Crippen LogP) is 2.89. The first-order valence-corrected chi connectivity index (χ1v) is 8.40. The summed E-state index contributed by atoms with van der Waals surface area (Å²) in [5.74, 6) is 0. The second-order valence-electron chi connectivity index (χ2n) is 4.78. The Hall–Kier alpha value is 0.0969. The fourth-order valence-corrected chi connectivity index (χ4v) is 6.58. The molecule has 1 saturated heterocycles. The van der Waals surface area contributed by atoms with E-state index in [0.29, 0.717) is 5.54 Å². The Morgan fingerprint density at radius 2 is 1.69 bits per heavy atom. The summed E-state index contributed by atoms with van der Waals surface area (Å²) in [6, 6.07) is 0. The SMILES string of the molecule is CCCC(C)[Si](OC)(OC)N1CCCCC1. The monoisotopic (exact) mass is 245 g/mol. The Bertz CT molecular complexity index is 191. The van der Waals surface area contributed by atoms with E-state index in [9.17, 15) is 0 Å². The second-order valence-corrected chi connectivity index (χ2v) is 8.47. The average Bonchev–Trinajstić information content (AvgIpc) is 2.33. The molecule has 0 aliphatic carbocycles. The van der Waals surface area contributed by atoms with Crippen LogP contribution in [0.15, 0.2) is 0 Å². The summed E-state index contributed by atoms with van der Waals surface area (Å²) in [6.07, 6.45) is 6.35. The maximum absolute atomic E-state index is 5.88. The van der Waals surface area contributed by atoms with E-state index < -0.39 is 8.72 Å². The van der Waals surface area contributed by atoms with Crippen molar-refractivity contribution in [2.24, 2.45) is 0 Å². The molecule has 1 heterocycles. The van der Waals surface area contributed by atoms with Gasteiger partial charge in [0.15, 0.2) is 0 Å². The van der Waals surface area contributed by atoms with Gasteiger partial charge in [0.05, 0.1) is 0 Å². The van der Waals surface area contributed by atoms with Crippen molar-refractivity contribution in [1.29, 1.82) is 0 Å². The number of rotatable bonds is 6. The molecule has 16 heavy (non-hydrogen) atoms. The molecule has 0 radical (unpaired) electrons. The second kappa shape index (κ2) is 6.74. The highest BCUT2D eigenvalue weighted by molar-refractivity contribution is 6.66. The van der Waals surface area contributed by atoms with Gasteiger partial charge in [0.25, 0.3) is 0 Å². The molecule has 0 aromatic carbocycles. The van der Waals surface area contributed by atoms with Gasteiger partial charge in [0.2, 0.25) is 0 Å². The standard InChI is InChI=1S/C12H27NO2Si/c1-5-9-12(2)16(14-3,15-4)13-10-7-6-8-11-13/h12H,5-11H2,1-4H3. The molecular formula is C12H27NO2Si. The van der Waals surface area contributed by atoms with Crippen molar-refractivity contribution < 1.29 is 8.85 Å². The minimum atomic E-state index is -2.13. The molecule has 0 bridgehead atoms. The maximum Gasteiger partial charge on any atom is 0.430 e. The molecule has 0 spiro atoms. The van der Waals surface area contributed by atoms with E-state index >= 15 is 0 Å². The largest absolute Gasteiger partial charge is 0.430 e. The lowest BCUT2D eigenvalue weighted by Crippen LogP contribution is -2.61. The smallest absolute Gasteiger partial charge is 0.386 e. The van der Waals surface area contributed by atoms with Crippen molar-refractivity contribution >= 4 is 8.72 Å². The molecule has 4 heteroatoms. The van der Waals surface area contributed by atoms with Gasteiger partial charge in [-0.3, -0.25) is 4.57 Å². The van der Waals surface area contributed by atoms with Gasteiger partial charge in [-0.25, -0.2) is 0 Å². The van der Waals surface area contributed by atoms with Crippen molar-refractivity contribution in [1.82, 2.24) is 4.57 Å². The van der Waals surface area contributed by atoms with Crippen LogP contribution < -0.4 is 0 Å². The Morgan fingerprint density at radius 1 is 1.12 bits per heavy atom. The quantitative estimate of drug-likeness (QED) is 0.672. The lowest BCUT2D eigenvalue weighted by atomic mass is 10.2.